The Kier molecular flexibility index (Phi) is 4.92. The van der Waals surface area contributed by atoms with Crippen LogP contribution >= 0.6 is 11.6 Å². The first-order chi connectivity index (χ1) is 10.9. The van der Waals surface area contributed by atoms with Crippen molar-refractivity contribution < 1.29 is 19.6 Å². The molecule has 0 radical (unpaired) electrons. The van der Waals surface area contributed by atoms with E-state index >= 15 is 0 Å². The minimum absolute atomic E-state index is 0.0319. The number of nitrogens with one attached hydrogen (secondary N) is 1. The van der Waals surface area contributed by atoms with E-state index < -0.39 is 16.8 Å². The Morgan fingerprint density at radius 3 is 2.35 bits per heavy atom. The summed E-state index contributed by atoms with van der Waals surface area (Å²) in [5.41, 5.74) is 0.309. The molecule has 2 aromatic carbocycles. The Labute approximate surface area is 135 Å². The lowest BCUT2D eigenvalue weighted by Gasteiger charge is -2.12. The molecular formula is C15H10ClN2O5-. The Morgan fingerprint density at radius 1 is 1.13 bits per heavy atom. The number of non-ortho nitro benzene ring substituents is 1. The number of carboxylic acid groups (broad SMARTS) is 1. The zero-order chi connectivity index (χ0) is 17.0. The number of amides is 1. The number of carboxylic acids is 1. The number of nitrogens with zero attached hydrogens (tertiary/aromatic N) is 1. The molecule has 1 amide bonds. The third-order valence-electron chi connectivity index (χ3n) is 2.99. The average molecular weight is 334 g/mol. The monoisotopic (exact) mass is 333 g/mol. The van der Waals surface area contributed by atoms with Crippen LogP contribution in [0.2, 0.25) is 5.02 Å². The van der Waals surface area contributed by atoms with Gasteiger partial charge in [0.25, 0.3) is 5.69 Å². The van der Waals surface area contributed by atoms with E-state index in [1.807, 2.05) is 0 Å². The van der Waals surface area contributed by atoms with Crippen molar-refractivity contribution in [1.82, 2.24) is 0 Å². The fourth-order valence-corrected chi connectivity index (χ4v) is 2.09. The largest absolute Gasteiger partial charge is 0.545 e. The van der Waals surface area contributed by atoms with Crippen LogP contribution in [0.4, 0.5) is 11.4 Å². The summed E-state index contributed by atoms with van der Waals surface area (Å²) < 4.78 is 0. The third-order valence-corrected chi connectivity index (χ3v) is 3.22. The number of halogens is 1. The quantitative estimate of drug-likeness (QED) is 0.662. The molecule has 0 aliphatic heterocycles. The van der Waals surface area contributed by atoms with Gasteiger partial charge in [0.15, 0.2) is 0 Å². The number of benzene rings is 2. The second-order valence-electron chi connectivity index (χ2n) is 4.63. The molecule has 0 aliphatic rings. The van der Waals surface area contributed by atoms with Gasteiger partial charge in [0.05, 0.1) is 23.0 Å². The molecule has 0 heterocycles. The minimum atomic E-state index is -1.44. The summed E-state index contributed by atoms with van der Waals surface area (Å²) in [6.07, 6.45) is -0.0724. The summed E-state index contributed by atoms with van der Waals surface area (Å²) in [5, 5.41) is 24.3. The minimum Gasteiger partial charge on any atom is -0.545 e. The van der Waals surface area contributed by atoms with Crippen LogP contribution in [-0.2, 0) is 11.2 Å². The predicted octanol–water partition coefficient (Wildman–Crippen LogP) is 1.79. The van der Waals surface area contributed by atoms with E-state index in [-0.39, 0.29) is 28.4 Å². The van der Waals surface area contributed by atoms with Gasteiger partial charge < -0.3 is 15.2 Å². The first kappa shape index (κ1) is 16.4. The van der Waals surface area contributed by atoms with Crippen LogP contribution in [0.25, 0.3) is 0 Å². The zero-order valence-electron chi connectivity index (χ0n) is 11.6. The maximum absolute atomic E-state index is 12.0. The Hall–Kier alpha value is -2.93. The first-order valence-electron chi connectivity index (χ1n) is 6.41. The summed E-state index contributed by atoms with van der Waals surface area (Å²) in [6.45, 7) is 0. The third kappa shape index (κ3) is 4.27. The van der Waals surface area contributed by atoms with E-state index in [0.29, 0.717) is 5.56 Å². The second kappa shape index (κ2) is 6.89. The van der Waals surface area contributed by atoms with Gasteiger partial charge in [0.1, 0.15) is 0 Å². The number of nitro groups is 1. The molecule has 0 aromatic heterocycles. The number of rotatable bonds is 5. The summed E-state index contributed by atoms with van der Waals surface area (Å²) in [5.74, 6) is -1.92. The van der Waals surface area contributed by atoms with Crippen LogP contribution in [0.5, 0.6) is 0 Å². The molecule has 8 heteroatoms. The van der Waals surface area contributed by atoms with Crippen molar-refractivity contribution in [1.29, 1.82) is 0 Å². The number of carbonyl (C=O) groups excluding carboxylic acids is 2. The van der Waals surface area contributed by atoms with Crippen molar-refractivity contribution in [3.05, 3.63) is 68.7 Å². The lowest BCUT2D eigenvalue weighted by molar-refractivity contribution is -0.384. The fourth-order valence-electron chi connectivity index (χ4n) is 1.91. The van der Waals surface area contributed by atoms with E-state index in [9.17, 15) is 24.8 Å². The molecule has 0 fully saturated rings. The van der Waals surface area contributed by atoms with Gasteiger partial charge in [-0.25, -0.2) is 0 Å². The predicted molar refractivity (Wildman–Crippen MR) is 81.2 cm³/mol. The van der Waals surface area contributed by atoms with E-state index in [1.165, 1.54) is 42.5 Å². The number of carbonyl (C=O) groups is 2. The van der Waals surface area contributed by atoms with Crippen molar-refractivity contribution in [3.8, 4) is 0 Å². The van der Waals surface area contributed by atoms with Gasteiger partial charge >= 0.3 is 0 Å². The maximum Gasteiger partial charge on any atom is 0.269 e. The smallest absolute Gasteiger partial charge is 0.269 e. The molecule has 7 nitrogen and oxygen atoms in total. The fraction of sp³-hybridized carbons (Fsp3) is 0.0667. The van der Waals surface area contributed by atoms with Crippen LogP contribution in [0.15, 0.2) is 42.5 Å². The van der Waals surface area contributed by atoms with Gasteiger partial charge in [-0.2, -0.15) is 0 Å². The highest BCUT2D eigenvalue weighted by molar-refractivity contribution is 6.31. The van der Waals surface area contributed by atoms with Gasteiger partial charge in [0, 0.05) is 22.7 Å². The summed E-state index contributed by atoms with van der Waals surface area (Å²) in [4.78, 5) is 33.0. The van der Waals surface area contributed by atoms with Gasteiger partial charge in [-0.15, -0.1) is 0 Å². The van der Waals surface area contributed by atoms with Crippen molar-refractivity contribution in [2.75, 3.05) is 5.32 Å². The number of hydrogen-bond donors (Lipinski definition) is 1. The van der Waals surface area contributed by atoms with E-state index in [0.717, 1.165) is 0 Å². The van der Waals surface area contributed by atoms with Gasteiger partial charge in [-0.05, 0) is 23.8 Å². The Bertz CT molecular complexity index is 774. The SMILES string of the molecule is O=C(Cc1ccc([N+](=O)[O-])cc1)Nc1cc(Cl)ccc1C(=O)[O-]. The zero-order valence-corrected chi connectivity index (χ0v) is 12.4. The van der Waals surface area contributed by atoms with Crippen LogP contribution in [0, 0.1) is 10.1 Å². The van der Waals surface area contributed by atoms with Crippen molar-refractivity contribution in [2.45, 2.75) is 6.42 Å². The molecule has 0 bridgehead atoms. The molecule has 0 spiro atoms. The molecule has 0 aliphatic carbocycles. The first-order valence-corrected chi connectivity index (χ1v) is 6.78. The van der Waals surface area contributed by atoms with Crippen LogP contribution < -0.4 is 10.4 Å². The molecule has 0 saturated heterocycles. The van der Waals surface area contributed by atoms with Crippen molar-refractivity contribution in [2.24, 2.45) is 0 Å². The molecule has 2 aromatic rings. The Morgan fingerprint density at radius 2 is 1.78 bits per heavy atom. The van der Waals surface area contributed by atoms with Crippen LogP contribution in [-0.4, -0.2) is 16.8 Å². The summed E-state index contributed by atoms with van der Waals surface area (Å²) >= 11 is 5.78. The normalized spacial score (nSPS) is 10.1. The summed E-state index contributed by atoms with van der Waals surface area (Å²) in [6, 6.07) is 9.39. The molecule has 0 unspecified atom stereocenters. The van der Waals surface area contributed by atoms with Crippen molar-refractivity contribution >= 4 is 34.9 Å². The number of nitro benzene ring substituents is 1. The number of hydrogen-bond acceptors (Lipinski definition) is 5. The van der Waals surface area contributed by atoms with E-state index in [2.05, 4.69) is 5.32 Å². The molecular weight excluding hydrogens is 324 g/mol. The lowest BCUT2D eigenvalue weighted by Crippen LogP contribution is -2.25. The number of anilines is 1. The molecule has 0 atom stereocenters. The highest BCUT2D eigenvalue weighted by atomic mass is 35.5. The van der Waals surface area contributed by atoms with Crippen LogP contribution in [0.3, 0.4) is 0 Å². The van der Waals surface area contributed by atoms with E-state index in [4.69, 9.17) is 11.6 Å². The van der Waals surface area contributed by atoms with Gasteiger partial charge in [0.2, 0.25) is 5.91 Å². The topological polar surface area (TPSA) is 112 Å². The molecule has 2 rings (SSSR count). The van der Waals surface area contributed by atoms with Gasteiger partial charge in [-0.3, -0.25) is 14.9 Å². The molecule has 0 saturated carbocycles. The second-order valence-corrected chi connectivity index (χ2v) is 5.06. The highest BCUT2D eigenvalue weighted by Crippen LogP contribution is 2.21. The van der Waals surface area contributed by atoms with Crippen LogP contribution in [0.1, 0.15) is 15.9 Å². The number of aromatic carboxylic acids is 1. The summed E-state index contributed by atoms with van der Waals surface area (Å²) in [7, 11) is 0. The molecule has 23 heavy (non-hydrogen) atoms. The highest BCUT2D eigenvalue weighted by Gasteiger charge is 2.11. The average Bonchev–Trinajstić information content (AvgIpc) is 2.47. The van der Waals surface area contributed by atoms with Crippen molar-refractivity contribution in [3.63, 3.8) is 0 Å². The Balaban J connectivity index is 2.12. The molecule has 118 valence electrons. The standard InChI is InChI=1S/C15H11ClN2O5/c16-10-3-6-12(15(20)21)13(8-10)17-14(19)7-9-1-4-11(5-2-9)18(22)23/h1-6,8H,7H2,(H,17,19)(H,20,21)/p-1. The molecule has 1 N–H and O–H groups in total. The van der Waals surface area contributed by atoms with Gasteiger partial charge in [-0.1, -0.05) is 23.7 Å². The lowest BCUT2D eigenvalue weighted by atomic mass is 10.1. The van der Waals surface area contributed by atoms with E-state index in [1.54, 1.807) is 0 Å². The maximum atomic E-state index is 12.0.